The van der Waals surface area contributed by atoms with Gasteiger partial charge in [-0.25, -0.2) is 4.79 Å². The number of anilines is 1. The molecule has 0 saturated carbocycles. The fraction of sp³-hybridized carbons (Fsp3) is 0.462. The van der Waals surface area contributed by atoms with Gasteiger partial charge in [0.25, 0.3) is 0 Å². The van der Waals surface area contributed by atoms with Crippen molar-refractivity contribution in [2.45, 2.75) is 25.8 Å². The molecule has 3 amide bonds. The highest BCUT2D eigenvalue weighted by molar-refractivity contribution is 5.89. The number of hydrogen-bond acceptors (Lipinski definition) is 4. The molecule has 2 saturated heterocycles. The van der Waals surface area contributed by atoms with Crippen LogP contribution in [0.4, 0.5) is 10.5 Å². The quantitative estimate of drug-likeness (QED) is 0.707. The minimum atomic E-state index is -0.107. The molecular weight excluding hydrogens is 416 g/mol. The smallest absolute Gasteiger partial charge is 0.321 e. The molecule has 0 radical (unpaired) electrons. The van der Waals surface area contributed by atoms with Crippen LogP contribution in [0.2, 0.25) is 0 Å². The second-order valence-corrected chi connectivity index (χ2v) is 8.94. The Bertz CT molecular complexity index is 905. The molecule has 4 rings (SSSR count). The van der Waals surface area contributed by atoms with E-state index in [1.165, 1.54) is 5.56 Å². The summed E-state index contributed by atoms with van der Waals surface area (Å²) in [4.78, 5) is 29.9. The molecule has 7 nitrogen and oxygen atoms in total. The zero-order valence-electron chi connectivity index (χ0n) is 19.3. The number of piperidine rings is 1. The molecule has 2 aromatic rings. The molecule has 0 bridgehead atoms. The number of hydrogen-bond donors (Lipinski definition) is 2. The van der Waals surface area contributed by atoms with Crippen LogP contribution in [0.5, 0.6) is 0 Å². The second kappa shape index (κ2) is 11.3. The molecule has 2 heterocycles. The minimum Gasteiger partial charge on any atom is -0.379 e. The number of likely N-dealkylation sites (tertiary alicyclic amines) is 1. The molecule has 0 aliphatic carbocycles. The van der Waals surface area contributed by atoms with Gasteiger partial charge in [-0.3, -0.25) is 9.69 Å². The molecule has 0 aromatic heterocycles. The highest BCUT2D eigenvalue weighted by atomic mass is 16.5. The molecule has 176 valence electrons. The van der Waals surface area contributed by atoms with Gasteiger partial charge in [0.15, 0.2) is 0 Å². The summed E-state index contributed by atoms with van der Waals surface area (Å²) in [5.74, 6) is 0.000338. The first-order valence-electron chi connectivity index (χ1n) is 11.9. The number of amides is 3. The number of para-hydroxylation sites is 1. The highest BCUT2D eigenvalue weighted by Gasteiger charge is 2.29. The molecule has 7 heteroatoms. The third-order valence-electron chi connectivity index (χ3n) is 6.52. The number of carbonyl (C=O) groups excluding carboxylic acids is 2. The van der Waals surface area contributed by atoms with Gasteiger partial charge in [0.1, 0.15) is 0 Å². The average Bonchev–Trinajstić information content (AvgIpc) is 2.85. The van der Waals surface area contributed by atoms with Crippen molar-refractivity contribution in [1.82, 2.24) is 15.1 Å². The van der Waals surface area contributed by atoms with Crippen molar-refractivity contribution >= 4 is 17.6 Å². The van der Waals surface area contributed by atoms with E-state index in [-0.39, 0.29) is 23.9 Å². The molecule has 2 fully saturated rings. The van der Waals surface area contributed by atoms with E-state index in [1.54, 1.807) is 4.90 Å². The average molecular weight is 451 g/mol. The zero-order valence-corrected chi connectivity index (χ0v) is 19.3. The van der Waals surface area contributed by atoms with E-state index >= 15 is 0 Å². The van der Waals surface area contributed by atoms with E-state index in [9.17, 15) is 9.59 Å². The molecule has 2 aliphatic heterocycles. The summed E-state index contributed by atoms with van der Waals surface area (Å²) in [7, 11) is 0. The van der Waals surface area contributed by atoms with Crippen LogP contribution in [0.25, 0.3) is 0 Å². The van der Waals surface area contributed by atoms with Gasteiger partial charge < -0.3 is 20.3 Å². The van der Waals surface area contributed by atoms with Gasteiger partial charge >= 0.3 is 6.03 Å². The predicted molar refractivity (Wildman–Crippen MR) is 129 cm³/mol. The van der Waals surface area contributed by atoms with Gasteiger partial charge in [0.05, 0.1) is 19.3 Å². The van der Waals surface area contributed by atoms with E-state index in [0.29, 0.717) is 25.9 Å². The number of carbonyl (C=O) groups is 2. The molecule has 0 unspecified atom stereocenters. The Kier molecular flexibility index (Phi) is 7.96. The summed E-state index contributed by atoms with van der Waals surface area (Å²) >= 11 is 0. The minimum absolute atomic E-state index is 0.0596. The lowest BCUT2D eigenvalue weighted by Crippen LogP contribution is -2.47. The van der Waals surface area contributed by atoms with Crippen molar-refractivity contribution in [3.8, 4) is 0 Å². The normalized spacial score (nSPS) is 18.5. The van der Waals surface area contributed by atoms with E-state index in [2.05, 4.69) is 46.7 Å². The van der Waals surface area contributed by atoms with Gasteiger partial charge in [0.2, 0.25) is 5.91 Å². The van der Waals surface area contributed by atoms with Gasteiger partial charge in [0, 0.05) is 44.3 Å². The Morgan fingerprint density at radius 2 is 1.64 bits per heavy atom. The topological polar surface area (TPSA) is 73.9 Å². The Balaban J connectivity index is 1.33. The molecule has 2 aromatic carbocycles. The summed E-state index contributed by atoms with van der Waals surface area (Å²) in [5.41, 5.74) is 3.11. The first kappa shape index (κ1) is 23.3. The molecule has 33 heavy (non-hydrogen) atoms. The van der Waals surface area contributed by atoms with Gasteiger partial charge in [-0.1, -0.05) is 48.0 Å². The first-order chi connectivity index (χ1) is 16.1. The van der Waals surface area contributed by atoms with Crippen molar-refractivity contribution in [3.63, 3.8) is 0 Å². The molecule has 2 N–H and O–H groups in total. The van der Waals surface area contributed by atoms with Crippen molar-refractivity contribution in [2.75, 3.05) is 51.3 Å². The number of aryl methyl sites for hydroxylation is 1. The van der Waals surface area contributed by atoms with Crippen molar-refractivity contribution in [3.05, 3.63) is 65.7 Å². The van der Waals surface area contributed by atoms with Gasteiger partial charge in [-0.05, 0) is 37.5 Å². The molecule has 1 atom stereocenters. The van der Waals surface area contributed by atoms with E-state index in [0.717, 1.165) is 44.1 Å². The van der Waals surface area contributed by atoms with Crippen LogP contribution in [0, 0.1) is 12.8 Å². The number of urea groups is 1. The van der Waals surface area contributed by atoms with Crippen molar-refractivity contribution in [1.29, 1.82) is 0 Å². The highest BCUT2D eigenvalue weighted by Crippen LogP contribution is 2.22. The van der Waals surface area contributed by atoms with Crippen LogP contribution >= 0.6 is 0 Å². The lowest BCUT2D eigenvalue weighted by Gasteiger charge is -2.34. The Morgan fingerprint density at radius 1 is 0.970 bits per heavy atom. The summed E-state index contributed by atoms with van der Waals surface area (Å²) in [6, 6.07) is 17.7. The van der Waals surface area contributed by atoms with Crippen LogP contribution in [0.15, 0.2) is 54.6 Å². The van der Waals surface area contributed by atoms with Crippen LogP contribution in [-0.4, -0.2) is 67.7 Å². The lowest BCUT2D eigenvalue weighted by molar-refractivity contribution is -0.127. The van der Waals surface area contributed by atoms with E-state index in [4.69, 9.17) is 4.74 Å². The molecule has 2 aliphatic rings. The number of ether oxygens (including phenoxy) is 1. The summed E-state index contributed by atoms with van der Waals surface area (Å²) < 4.78 is 5.48. The summed E-state index contributed by atoms with van der Waals surface area (Å²) in [6.07, 6.45) is 1.35. The van der Waals surface area contributed by atoms with Gasteiger partial charge in [-0.15, -0.1) is 0 Å². The van der Waals surface area contributed by atoms with Crippen molar-refractivity contribution < 1.29 is 14.3 Å². The maximum atomic E-state index is 13.2. The monoisotopic (exact) mass is 450 g/mol. The van der Waals surface area contributed by atoms with Crippen LogP contribution in [0.1, 0.15) is 30.0 Å². The Labute approximate surface area is 196 Å². The largest absolute Gasteiger partial charge is 0.379 e. The third kappa shape index (κ3) is 6.55. The third-order valence-corrected chi connectivity index (χ3v) is 6.52. The number of morpholine rings is 1. The molecule has 0 spiro atoms. The number of nitrogens with one attached hydrogen (secondary N) is 2. The molecular formula is C26H34N4O3. The van der Waals surface area contributed by atoms with Crippen molar-refractivity contribution in [2.24, 2.45) is 5.92 Å². The van der Waals surface area contributed by atoms with E-state index in [1.807, 2.05) is 30.3 Å². The fourth-order valence-corrected chi connectivity index (χ4v) is 4.43. The standard InChI is InChI=1S/C26H34N4O3/c1-20-7-9-21(10-8-20)24(19-29-15-17-33-18-16-29)28-25(31)22-11-13-30(14-12-22)26(32)27-23-5-3-2-4-6-23/h2-10,22,24H,11-19H2,1H3,(H,27,32)(H,28,31)/t24-/m1/s1. The van der Waals surface area contributed by atoms with Crippen LogP contribution in [0.3, 0.4) is 0 Å². The lowest BCUT2D eigenvalue weighted by atomic mass is 9.95. The SMILES string of the molecule is Cc1ccc([C@@H](CN2CCOCC2)NC(=O)C2CCN(C(=O)Nc3ccccc3)CC2)cc1. The van der Waals surface area contributed by atoms with Crippen LogP contribution in [-0.2, 0) is 9.53 Å². The van der Waals surface area contributed by atoms with Gasteiger partial charge in [-0.2, -0.15) is 0 Å². The fourth-order valence-electron chi connectivity index (χ4n) is 4.43. The summed E-state index contributed by atoms with van der Waals surface area (Å²) in [6.45, 7) is 7.23. The first-order valence-corrected chi connectivity index (χ1v) is 11.9. The maximum Gasteiger partial charge on any atom is 0.321 e. The number of benzene rings is 2. The maximum absolute atomic E-state index is 13.2. The Morgan fingerprint density at radius 3 is 2.30 bits per heavy atom. The Hall–Kier alpha value is -2.90. The number of nitrogens with zero attached hydrogens (tertiary/aromatic N) is 2. The second-order valence-electron chi connectivity index (χ2n) is 8.94. The summed E-state index contributed by atoms with van der Waals surface area (Å²) in [5, 5.41) is 6.24. The van der Waals surface area contributed by atoms with Crippen LogP contribution < -0.4 is 10.6 Å². The van der Waals surface area contributed by atoms with E-state index < -0.39 is 0 Å². The number of rotatable bonds is 6. The zero-order chi connectivity index (χ0) is 23.0. The predicted octanol–water partition coefficient (Wildman–Crippen LogP) is 3.43.